The number of carbonyl (C=O) groups excluding carboxylic acids is 1. The molecule has 1 heterocycles. The fraction of sp³-hybridized carbons (Fsp3) is 0.250. The van der Waals surface area contributed by atoms with Crippen molar-refractivity contribution < 1.29 is 14.3 Å². The zero-order valence-corrected chi connectivity index (χ0v) is 12.4. The van der Waals surface area contributed by atoms with Gasteiger partial charge in [0.2, 0.25) is 11.3 Å². The van der Waals surface area contributed by atoms with Crippen LogP contribution in [0.15, 0.2) is 35.1 Å². The van der Waals surface area contributed by atoms with Crippen molar-refractivity contribution in [2.24, 2.45) is 7.05 Å². The van der Waals surface area contributed by atoms with Gasteiger partial charge in [0, 0.05) is 18.8 Å². The number of nitrogens with one attached hydrogen (secondary N) is 1. The van der Waals surface area contributed by atoms with Crippen LogP contribution in [0.2, 0.25) is 0 Å². The number of pyridine rings is 1. The summed E-state index contributed by atoms with van der Waals surface area (Å²) in [5.74, 6) is -1.00. The van der Waals surface area contributed by atoms with Crippen LogP contribution in [-0.4, -0.2) is 15.6 Å². The third-order valence-corrected chi connectivity index (χ3v) is 3.51. The molecule has 0 unspecified atom stereocenters. The summed E-state index contributed by atoms with van der Waals surface area (Å²) >= 11 is 0. The van der Waals surface area contributed by atoms with E-state index in [1.807, 2.05) is 0 Å². The summed E-state index contributed by atoms with van der Waals surface area (Å²) in [6.45, 7) is 1.78. The third-order valence-electron chi connectivity index (χ3n) is 3.51. The Morgan fingerprint density at radius 3 is 2.59 bits per heavy atom. The first kappa shape index (κ1) is 15.8. The van der Waals surface area contributed by atoms with Crippen LogP contribution in [0.25, 0.3) is 0 Å². The van der Waals surface area contributed by atoms with Crippen LogP contribution in [0.4, 0.5) is 4.39 Å². The van der Waals surface area contributed by atoms with Crippen LogP contribution in [0.3, 0.4) is 0 Å². The lowest BCUT2D eigenvalue weighted by Gasteiger charge is -2.14. The second-order valence-corrected chi connectivity index (χ2v) is 5.08. The molecule has 5 nitrogen and oxygen atoms in total. The van der Waals surface area contributed by atoms with Crippen molar-refractivity contribution in [3.63, 3.8) is 0 Å². The van der Waals surface area contributed by atoms with Crippen LogP contribution in [0, 0.1) is 12.7 Å². The molecule has 0 bridgehead atoms. The first-order valence-electron chi connectivity index (χ1n) is 6.78. The fourth-order valence-corrected chi connectivity index (χ4v) is 2.10. The summed E-state index contributed by atoms with van der Waals surface area (Å²) in [5.41, 5.74) is 1.24. The molecule has 6 heteroatoms. The lowest BCUT2D eigenvalue weighted by molar-refractivity contribution is -0.120. The predicted molar refractivity (Wildman–Crippen MR) is 80.0 cm³/mol. The lowest BCUT2D eigenvalue weighted by atomic mass is 10.1. The topological polar surface area (TPSA) is 71.3 Å². The highest BCUT2D eigenvalue weighted by Gasteiger charge is 2.12. The van der Waals surface area contributed by atoms with Crippen molar-refractivity contribution in [2.45, 2.75) is 19.9 Å². The number of nitrogens with zero attached hydrogens (tertiary/aromatic N) is 1. The van der Waals surface area contributed by atoms with Crippen molar-refractivity contribution in [3.05, 3.63) is 63.3 Å². The molecule has 0 aliphatic rings. The minimum Gasteiger partial charge on any atom is -0.503 e. The first-order valence-corrected chi connectivity index (χ1v) is 6.78. The van der Waals surface area contributed by atoms with Crippen molar-refractivity contribution in [1.82, 2.24) is 9.88 Å². The molecule has 0 aliphatic carbocycles. The number of hydrogen-bond donors (Lipinski definition) is 2. The van der Waals surface area contributed by atoms with Gasteiger partial charge in [0.05, 0.1) is 18.7 Å². The average molecular weight is 304 g/mol. The third kappa shape index (κ3) is 3.52. The Hall–Kier alpha value is -2.63. The number of carbonyl (C=O) groups is 1. The highest BCUT2D eigenvalue weighted by atomic mass is 19.1. The largest absolute Gasteiger partial charge is 0.503 e. The molecule has 2 N–H and O–H groups in total. The number of aromatic nitrogens is 1. The van der Waals surface area contributed by atoms with Crippen molar-refractivity contribution in [1.29, 1.82) is 0 Å². The summed E-state index contributed by atoms with van der Waals surface area (Å²) in [5, 5.41) is 12.5. The smallest absolute Gasteiger partial charge is 0.224 e. The molecule has 0 spiro atoms. The maximum Gasteiger partial charge on any atom is 0.224 e. The van der Waals surface area contributed by atoms with Crippen molar-refractivity contribution >= 4 is 5.91 Å². The molecule has 0 fully saturated rings. The zero-order chi connectivity index (χ0) is 16.3. The normalized spacial score (nSPS) is 10.5. The van der Waals surface area contributed by atoms with E-state index in [1.165, 1.54) is 30.3 Å². The molecule has 22 heavy (non-hydrogen) atoms. The van der Waals surface area contributed by atoms with Crippen molar-refractivity contribution in [3.8, 4) is 5.75 Å². The van der Waals surface area contributed by atoms with Crippen molar-refractivity contribution in [2.75, 3.05) is 0 Å². The van der Waals surface area contributed by atoms with Gasteiger partial charge in [-0.3, -0.25) is 9.59 Å². The Bertz CT molecular complexity index is 751. The van der Waals surface area contributed by atoms with E-state index >= 15 is 0 Å². The van der Waals surface area contributed by atoms with Gasteiger partial charge in [-0.1, -0.05) is 12.1 Å². The Labute approximate surface area is 127 Å². The van der Waals surface area contributed by atoms with E-state index in [2.05, 4.69) is 5.32 Å². The van der Waals surface area contributed by atoms with Crippen LogP contribution in [0.5, 0.6) is 5.75 Å². The molecule has 0 saturated carbocycles. The number of halogens is 1. The highest BCUT2D eigenvalue weighted by molar-refractivity contribution is 5.78. The summed E-state index contributed by atoms with van der Waals surface area (Å²) < 4.78 is 14.4. The number of hydrogen-bond acceptors (Lipinski definition) is 3. The van der Waals surface area contributed by atoms with E-state index in [-0.39, 0.29) is 30.4 Å². The van der Waals surface area contributed by atoms with Crippen LogP contribution < -0.4 is 10.7 Å². The molecule has 1 amide bonds. The summed E-state index contributed by atoms with van der Waals surface area (Å²) in [7, 11) is 1.70. The second-order valence-electron chi connectivity index (χ2n) is 5.08. The zero-order valence-electron chi connectivity index (χ0n) is 12.4. The first-order chi connectivity index (χ1) is 10.4. The van der Waals surface area contributed by atoms with Gasteiger partial charge in [-0.15, -0.1) is 0 Å². The van der Waals surface area contributed by atoms with E-state index < -0.39 is 5.43 Å². The van der Waals surface area contributed by atoms with Gasteiger partial charge in [-0.2, -0.15) is 0 Å². The molecular weight excluding hydrogens is 287 g/mol. The van der Waals surface area contributed by atoms with Gasteiger partial charge >= 0.3 is 0 Å². The molecule has 0 saturated heterocycles. The Morgan fingerprint density at radius 2 is 1.95 bits per heavy atom. The number of aryl methyl sites for hydroxylation is 1. The van der Waals surface area contributed by atoms with Gasteiger partial charge in [0.15, 0.2) is 5.75 Å². The van der Waals surface area contributed by atoms with Gasteiger partial charge in [-0.25, -0.2) is 4.39 Å². The SMILES string of the molecule is Cc1cc(=O)c(O)c(CNC(=O)Cc2ccc(F)cc2)n1C. The Morgan fingerprint density at radius 1 is 1.32 bits per heavy atom. The number of amides is 1. The molecule has 2 rings (SSSR count). The standard InChI is InChI=1S/C16H17FN2O3/c1-10-7-14(20)16(22)13(19(10)2)9-18-15(21)8-11-3-5-12(17)6-4-11/h3-7,22H,8-9H2,1-2H3,(H,18,21). The Balaban J connectivity index is 2.05. The lowest BCUT2D eigenvalue weighted by Crippen LogP contribution is -2.27. The summed E-state index contributed by atoms with van der Waals surface area (Å²) in [6.07, 6.45) is 0.0980. The quantitative estimate of drug-likeness (QED) is 0.897. The molecule has 1 aromatic carbocycles. The van der Waals surface area contributed by atoms with E-state index in [1.54, 1.807) is 18.5 Å². The second kappa shape index (κ2) is 6.43. The molecule has 2 aromatic rings. The highest BCUT2D eigenvalue weighted by Crippen LogP contribution is 2.12. The minimum atomic E-state index is -0.474. The monoisotopic (exact) mass is 304 g/mol. The minimum absolute atomic E-state index is 0.0410. The van der Waals surface area contributed by atoms with Crippen LogP contribution in [-0.2, 0) is 24.8 Å². The van der Waals surface area contributed by atoms with Crippen LogP contribution in [0.1, 0.15) is 17.0 Å². The number of rotatable bonds is 4. The van der Waals surface area contributed by atoms with Gasteiger partial charge in [-0.05, 0) is 24.6 Å². The molecule has 116 valence electrons. The number of benzene rings is 1. The van der Waals surface area contributed by atoms with E-state index in [0.29, 0.717) is 17.0 Å². The molecule has 0 radical (unpaired) electrons. The average Bonchev–Trinajstić information content (AvgIpc) is 2.47. The summed E-state index contributed by atoms with van der Waals surface area (Å²) in [4.78, 5) is 23.5. The Kier molecular flexibility index (Phi) is 4.60. The van der Waals surface area contributed by atoms with E-state index in [4.69, 9.17) is 0 Å². The molecule has 0 aliphatic heterocycles. The van der Waals surface area contributed by atoms with Gasteiger partial charge < -0.3 is 15.0 Å². The van der Waals surface area contributed by atoms with Gasteiger partial charge in [0.1, 0.15) is 5.82 Å². The fourth-order valence-electron chi connectivity index (χ4n) is 2.10. The van der Waals surface area contributed by atoms with Gasteiger partial charge in [0.25, 0.3) is 0 Å². The van der Waals surface area contributed by atoms with E-state index in [9.17, 15) is 19.1 Å². The molecule has 0 atom stereocenters. The summed E-state index contributed by atoms with van der Waals surface area (Å²) in [6, 6.07) is 6.99. The number of aromatic hydroxyl groups is 1. The maximum atomic E-state index is 12.8. The predicted octanol–water partition coefficient (Wildman–Crippen LogP) is 1.40. The van der Waals surface area contributed by atoms with E-state index in [0.717, 1.165) is 0 Å². The van der Waals surface area contributed by atoms with Crippen LogP contribution >= 0.6 is 0 Å². The maximum absolute atomic E-state index is 12.8. The molecular formula is C16H17FN2O3. The molecule has 1 aromatic heterocycles.